The highest BCUT2D eigenvalue weighted by molar-refractivity contribution is 6.33. The molecule has 2 aromatic rings. The zero-order valence-corrected chi connectivity index (χ0v) is 10.4. The summed E-state index contributed by atoms with van der Waals surface area (Å²) in [7, 11) is 1.20. The fraction of sp³-hybridized carbons (Fsp3) is 0.0909. The van der Waals surface area contributed by atoms with Crippen molar-refractivity contribution in [3.63, 3.8) is 0 Å². The maximum Gasteiger partial charge on any atom is 0.376 e. The number of nitrogens with zero attached hydrogens (tertiary/aromatic N) is 2. The maximum absolute atomic E-state index is 11.2. The molecular formula is C11H7ClN2O5. The lowest BCUT2D eigenvalue weighted by atomic mass is 10.1. The van der Waals surface area contributed by atoms with E-state index in [0.29, 0.717) is 5.56 Å². The monoisotopic (exact) mass is 282 g/mol. The van der Waals surface area contributed by atoms with Gasteiger partial charge in [0.25, 0.3) is 5.69 Å². The number of carbonyl (C=O) groups excluding carboxylic acids is 1. The number of hydrogen-bond acceptors (Lipinski definition) is 6. The van der Waals surface area contributed by atoms with Crippen molar-refractivity contribution in [1.29, 1.82) is 0 Å². The number of non-ortho nitro benzene ring substituents is 1. The lowest BCUT2D eigenvalue weighted by Gasteiger charge is -1.99. The van der Waals surface area contributed by atoms with Gasteiger partial charge in [0.1, 0.15) is 5.69 Å². The Morgan fingerprint density at radius 1 is 1.47 bits per heavy atom. The van der Waals surface area contributed by atoms with Gasteiger partial charge < -0.3 is 9.26 Å². The van der Waals surface area contributed by atoms with Gasteiger partial charge in [0.2, 0.25) is 5.76 Å². The lowest BCUT2D eigenvalue weighted by molar-refractivity contribution is -0.384. The predicted octanol–water partition coefficient (Wildman–Crippen LogP) is 2.69. The van der Waals surface area contributed by atoms with Crippen molar-refractivity contribution < 1.29 is 19.0 Å². The quantitative estimate of drug-likeness (QED) is 0.488. The summed E-state index contributed by atoms with van der Waals surface area (Å²) in [5, 5.41) is 14.6. The molecule has 0 aliphatic carbocycles. The molecular weight excluding hydrogens is 276 g/mol. The van der Waals surface area contributed by atoms with Gasteiger partial charge in [0.05, 0.1) is 17.1 Å². The van der Waals surface area contributed by atoms with Crippen LogP contribution < -0.4 is 0 Å². The van der Waals surface area contributed by atoms with Crippen LogP contribution in [0.2, 0.25) is 5.02 Å². The fourth-order valence-electron chi connectivity index (χ4n) is 1.42. The largest absolute Gasteiger partial charge is 0.463 e. The van der Waals surface area contributed by atoms with Gasteiger partial charge in [-0.2, -0.15) is 0 Å². The summed E-state index contributed by atoms with van der Waals surface area (Å²) in [6.45, 7) is 0. The summed E-state index contributed by atoms with van der Waals surface area (Å²) in [6.07, 6.45) is 0. The van der Waals surface area contributed by atoms with E-state index < -0.39 is 10.9 Å². The van der Waals surface area contributed by atoms with Crippen molar-refractivity contribution in [2.24, 2.45) is 0 Å². The summed E-state index contributed by atoms with van der Waals surface area (Å²) < 4.78 is 9.24. The van der Waals surface area contributed by atoms with Crippen LogP contribution in [0.4, 0.5) is 5.69 Å². The van der Waals surface area contributed by atoms with Crippen LogP contribution in [-0.4, -0.2) is 23.2 Å². The number of aromatic nitrogens is 1. The van der Waals surface area contributed by atoms with E-state index in [1.165, 1.54) is 31.4 Å². The van der Waals surface area contributed by atoms with E-state index in [0.717, 1.165) is 0 Å². The molecule has 0 radical (unpaired) electrons. The van der Waals surface area contributed by atoms with E-state index in [1.54, 1.807) is 0 Å². The molecule has 0 atom stereocenters. The van der Waals surface area contributed by atoms with Crippen LogP contribution in [0.3, 0.4) is 0 Å². The number of ether oxygens (including phenoxy) is 1. The Morgan fingerprint density at radius 2 is 2.21 bits per heavy atom. The minimum Gasteiger partial charge on any atom is -0.463 e. The number of rotatable bonds is 3. The summed E-state index contributed by atoms with van der Waals surface area (Å²) in [5.41, 5.74) is 0.380. The van der Waals surface area contributed by atoms with Gasteiger partial charge in [-0.15, -0.1) is 0 Å². The third-order valence-electron chi connectivity index (χ3n) is 2.33. The van der Waals surface area contributed by atoms with Gasteiger partial charge >= 0.3 is 5.97 Å². The second kappa shape index (κ2) is 5.07. The normalized spacial score (nSPS) is 10.2. The molecule has 0 amide bonds. The molecule has 7 nitrogen and oxygen atoms in total. The number of nitro groups is 1. The molecule has 2 rings (SSSR count). The van der Waals surface area contributed by atoms with Crippen LogP contribution in [0.1, 0.15) is 10.6 Å². The molecule has 0 spiro atoms. The van der Waals surface area contributed by atoms with E-state index >= 15 is 0 Å². The number of halogens is 1. The van der Waals surface area contributed by atoms with Crippen molar-refractivity contribution in [1.82, 2.24) is 5.16 Å². The van der Waals surface area contributed by atoms with E-state index in [2.05, 4.69) is 9.89 Å². The number of carbonyl (C=O) groups is 1. The third kappa shape index (κ3) is 2.55. The third-order valence-corrected chi connectivity index (χ3v) is 2.66. The molecule has 1 aromatic heterocycles. The molecule has 0 saturated carbocycles. The summed E-state index contributed by atoms with van der Waals surface area (Å²) in [6, 6.07) is 5.20. The molecule has 0 bridgehead atoms. The Labute approximate surface area is 111 Å². The second-order valence-corrected chi connectivity index (χ2v) is 3.90. The van der Waals surface area contributed by atoms with Gasteiger partial charge in [-0.05, 0) is 6.07 Å². The number of methoxy groups -OCH3 is 1. The van der Waals surface area contributed by atoms with Crippen molar-refractivity contribution in [2.45, 2.75) is 0 Å². The molecule has 8 heteroatoms. The Morgan fingerprint density at radius 3 is 2.84 bits per heavy atom. The topological polar surface area (TPSA) is 95.5 Å². The van der Waals surface area contributed by atoms with Gasteiger partial charge in [0.15, 0.2) is 0 Å². The van der Waals surface area contributed by atoms with Crippen molar-refractivity contribution in [3.8, 4) is 11.3 Å². The van der Waals surface area contributed by atoms with Crippen LogP contribution in [-0.2, 0) is 4.74 Å². The lowest BCUT2D eigenvalue weighted by Crippen LogP contribution is -1.98. The molecule has 0 aliphatic heterocycles. The molecule has 98 valence electrons. The van der Waals surface area contributed by atoms with Crippen LogP contribution in [0.5, 0.6) is 0 Å². The first-order valence-corrected chi connectivity index (χ1v) is 5.40. The van der Waals surface area contributed by atoms with Gasteiger partial charge in [-0.1, -0.05) is 16.8 Å². The minimum atomic E-state index is -0.694. The number of benzene rings is 1. The molecule has 0 fully saturated rings. The van der Waals surface area contributed by atoms with Crippen LogP contribution in [0, 0.1) is 10.1 Å². The number of nitro benzene ring substituents is 1. The van der Waals surface area contributed by atoms with Gasteiger partial charge in [0, 0.05) is 23.8 Å². The molecule has 0 aliphatic rings. The molecule has 0 saturated heterocycles. The molecule has 19 heavy (non-hydrogen) atoms. The zero-order valence-electron chi connectivity index (χ0n) is 9.62. The van der Waals surface area contributed by atoms with E-state index in [-0.39, 0.29) is 22.2 Å². The zero-order chi connectivity index (χ0) is 14.0. The first-order valence-electron chi connectivity index (χ1n) is 5.02. The van der Waals surface area contributed by atoms with Crippen molar-refractivity contribution >= 4 is 23.3 Å². The van der Waals surface area contributed by atoms with Crippen molar-refractivity contribution in [3.05, 3.63) is 45.2 Å². The Kier molecular flexibility index (Phi) is 3.48. The molecule has 0 unspecified atom stereocenters. The SMILES string of the molecule is COC(=O)c1cc(-c2cc([N+](=O)[O-])ccc2Cl)no1. The fourth-order valence-corrected chi connectivity index (χ4v) is 1.64. The standard InChI is InChI=1S/C11H7ClN2O5/c1-18-11(15)10-5-9(13-19-10)7-4-6(14(16)17)2-3-8(7)12/h2-5H,1H3. The molecule has 1 aromatic carbocycles. The molecule has 0 N–H and O–H groups in total. The highest BCUT2D eigenvalue weighted by Crippen LogP contribution is 2.31. The smallest absolute Gasteiger partial charge is 0.376 e. The Balaban J connectivity index is 2.46. The summed E-state index contributed by atoms with van der Waals surface area (Å²) in [4.78, 5) is 21.4. The van der Waals surface area contributed by atoms with Crippen LogP contribution in [0.15, 0.2) is 28.8 Å². The van der Waals surface area contributed by atoms with Crippen molar-refractivity contribution in [2.75, 3.05) is 7.11 Å². The second-order valence-electron chi connectivity index (χ2n) is 3.49. The maximum atomic E-state index is 11.2. The number of esters is 1. The highest BCUT2D eigenvalue weighted by Gasteiger charge is 2.18. The summed E-state index contributed by atoms with van der Waals surface area (Å²) >= 11 is 5.94. The van der Waals surface area contributed by atoms with E-state index in [1.807, 2.05) is 0 Å². The number of hydrogen-bond donors (Lipinski definition) is 0. The van der Waals surface area contributed by atoms with Crippen LogP contribution in [0.25, 0.3) is 11.3 Å². The minimum absolute atomic E-state index is 0.111. The van der Waals surface area contributed by atoms with Gasteiger partial charge in [-0.3, -0.25) is 10.1 Å². The van der Waals surface area contributed by atoms with Gasteiger partial charge in [-0.25, -0.2) is 4.79 Å². The first-order chi connectivity index (χ1) is 9.02. The Bertz CT molecular complexity index is 652. The predicted molar refractivity (Wildman–Crippen MR) is 64.9 cm³/mol. The first kappa shape index (κ1) is 13.0. The molecule has 1 heterocycles. The van der Waals surface area contributed by atoms with E-state index in [4.69, 9.17) is 16.1 Å². The average Bonchev–Trinajstić information content (AvgIpc) is 2.87. The van der Waals surface area contributed by atoms with Crippen LogP contribution >= 0.6 is 11.6 Å². The summed E-state index contributed by atoms with van der Waals surface area (Å²) in [5.74, 6) is -0.805. The highest BCUT2D eigenvalue weighted by atomic mass is 35.5. The Hall–Kier alpha value is -2.41. The average molecular weight is 283 g/mol. The van der Waals surface area contributed by atoms with E-state index in [9.17, 15) is 14.9 Å².